The second-order valence-electron chi connectivity index (χ2n) is 5.66. The van der Waals surface area contributed by atoms with Gasteiger partial charge in [-0.2, -0.15) is 0 Å². The first kappa shape index (κ1) is 13.9. The molecular formula is C12H26N2O2. The summed E-state index contributed by atoms with van der Waals surface area (Å²) in [6.07, 6.45) is 1.74. The second kappa shape index (κ2) is 5.45. The van der Waals surface area contributed by atoms with Crippen molar-refractivity contribution < 1.29 is 9.84 Å². The average Bonchev–Trinajstić information content (AvgIpc) is 2.20. The summed E-state index contributed by atoms with van der Waals surface area (Å²) in [7, 11) is 0. The van der Waals surface area contributed by atoms with Gasteiger partial charge in [0.25, 0.3) is 0 Å². The van der Waals surface area contributed by atoms with Crippen molar-refractivity contribution in [3.8, 4) is 0 Å². The summed E-state index contributed by atoms with van der Waals surface area (Å²) < 4.78 is 5.47. The number of hydrogen-bond donors (Lipinski definition) is 2. The summed E-state index contributed by atoms with van der Waals surface area (Å²) in [5.41, 5.74) is 4.90. The molecule has 16 heavy (non-hydrogen) atoms. The molecule has 4 heteroatoms. The Bertz CT molecular complexity index is 217. The average molecular weight is 230 g/mol. The van der Waals surface area contributed by atoms with Gasteiger partial charge in [-0.15, -0.1) is 0 Å². The molecule has 1 aliphatic heterocycles. The van der Waals surface area contributed by atoms with Crippen molar-refractivity contribution in [2.24, 2.45) is 5.73 Å². The highest BCUT2D eigenvalue weighted by molar-refractivity contribution is 4.85. The number of nitrogens with two attached hydrogens (primary N) is 1. The smallest absolute Gasteiger partial charge is 0.0741 e. The number of hydrogen-bond acceptors (Lipinski definition) is 4. The lowest BCUT2D eigenvalue weighted by atomic mass is 9.98. The molecule has 1 rings (SSSR count). The molecule has 1 aliphatic rings. The van der Waals surface area contributed by atoms with E-state index in [1.807, 2.05) is 0 Å². The van der Waals surface area contributed by atoms with Crippen LogP contribution in [0.5, 0.6) is 0 Å². The predicted octanol–water partition coefficient (Wildman–Crippen LogP) is 0.587. The minimum atomic E-state index is -0.712. The summed E-state index contributed by atoms with van der Waals surface area (Å²) in [4.78, 5) is 2.43. The largest absolute Gasteiger partial charge is 0.389 e. The molecule has 0 amide bonds. The van der Waals surface area contributed by atoms with Crippen molar-refractivity contribution in [2.75, 3.05) is 32.8 Å². The zero-order valence-electron chi connectivity index (χ0n) is 10.8. The van der Waals surface area contributed by atoms with Gasteiger partial charge < -0.3 is 15.6 Å². The highest BCUT2D eigenvalue weighted by atomic mass is 16.5. The first-order chi connectivity index (χ1) is 7.37. The molecule has 1 saturated heterocycles. The van der Waals surface area contributed by atoms with Gasteiger partial charge in [-0.1, -0.05) is 0 Å². The van der Waals surface area contributed by atoms with E-state index in [4.69, 9.17) is 10.5 Å². The fourth-order valence-corrected chi connectivity index (χ4v) is 2.06. The molecule has 96 valence electrons. The van der Waals surface area contributed by atoms with Crippen molar-refractivity contribution in [1.82, 2.24) is 4.90 Å². The normalized spacial score (nSPS) is 25.3. The van der Waals surface area contributed by atoms with Crippen LogP contribution in [0.1, 0.15) is 33.6 Å². The van der Waals surface area contributed by atoms with Crippen LogP contribution >= 0.6 is 0 Å². The van der Waals surface area contributed by atoms with E-state index in [-0.39, 0.29) is 5.54 Å². The lowest BCUT2D eigenvalue weighted by Gasteiger charge is -2.42. The summed E-state index contributed by atoms with van der Waals surface area (Å²) >= 11 is 0. The summed E-state index contributed by atoms with van der Waals surface area (Å²) in [6, 6.07) is 0. The second-order valence-corrected chi connectivity index (χ2v) is 5.66. The fraction of sp³-hybridized carbons (Fsp3) is 1.00. The zero-order chi connectivity index (χ0) is 12.2. The van der Waals surface area contributed by atoms with Crippen molar-refractivity contribution >= 4 is 0 Å². The molecule has 1 fully saturated rings. The van der Waals surface area contributed by atoms with Crippen LogP contribution in [0, 0.1) is 0 Å². The van der Waals surface area contributed by atoms with Gasteiger partial charge in [0, 0.05) is 18.6 Å². The van der Waals surface area contributed by atoms with Gasteiger partial charge in [-0.25, -0.2) is 0 Å². The Morgan fingerprint density at radius 3 is 2.75 bits per heavy atom. The van der Waals surface area contributed by atoms with E-state index >= 15 is 0 Å². The van der Waals surface area contributed by atoms with Crippen LogP contribution in [0.3, 0.4) is 0 Å². The summed E-state index contributed by atoms with van der Waals surface area (Å²) in [5.74, 6) is 0. The highest BCUT2D eigenvalue weighted by Crippen LogP contribution is 2.20. The minimum Gasteiger partial charge on any atom is -0.389 e. The van der Waals surface area contributed by atoms with E-state index in [9.17, 15) is 5.11 Å². The molecular weight excluding hydrogens is 204 g/mol. The van der Waals surface area contributed by atoms with Crippen molar-refractivity contribution in [1.29, 1.82) is 0 Å². The molecule has 3 N–H and O–H groups in total. The van der Waals surface area contributed by atoms with Gasteiger partial charge in [0.15, 0.2) is 0 Å². The summed E-state index contributed by atoms with van der Waals surface area (Å²) in [5, 5.41) is 9.81. The third-order valence-electron chi connectivity index (χ3n) is 3.40. The van der Waals surface area contributed by atoms with Crippen molar-refractivity contribution in [3.05, 3.63) is 0 Å². The Kier molecular flexibility index (Phi) is 4.73. The molecule has 0 aliphatic carbocycles. The van der Waals surface area contributed by atoms with E-state index in [1.54, 1.807) is 6.92 Å². The topological polar surface area (TPSA) is 58.7 Å². The number of rotatable bonds is 5. The summed E-state index contributed by atoms with van der Waals surface area (Å²) in [6.45, 7) is 10.1. The van der Waals surface area contributed by atoms with E-state index in [0.29, 0.717) is 6.54 Å². The SMILES string of the molecule is CC(O)(CN)CCCN1CCOCC1(C)C. The zero-order valence-corrected chi connectivity index (χ0v) is 10.8. The molecule has 4 nitrogen and oxygen atoms in total. The number of aliphatic hydroxyl groups is 1. The third kappa shape index (κ3) is 4.01. The van der Waals surface area contributed by atoms with Gasteiger partial charge in [0.05, 0.1) is 18.8 Å². The highest BCUT2D eigenvalue weighted by Gasteiger charge is 2.30. The number of ether oxygens (including phenoxy) is 1. The van der Waals surface area contributed by atoms with Gasteiger partial charge in [-0.05, 0) is 40.2 Å². The molecule has 1 unspecified atom stereocenters. The first-order valence-electron chi connectivity index (χ1n) is 6.13. The Balaban J connectivity index is 2.31. The van der Waals surface area contributed by atoms with Gasteiger partial charge in [-0.3, -0.25) is 4.90 Å². The van der Waals surface area contributed by atoms with Crippen LogP contribution in [0.4, 0.5) is 0 Å². The molecule has 0 aromatic heterocycles. The van der Waals surface area contributed by atoms with Gasteiger partial charge in [0.1, 0.15) is 0 Å². The molecule has 0 saturated carbocycles. The molecule has 1 heterocycles. The van der Waals surface area contributed by atoms with Crippen LogP contribution in [-0.2, 0) is 4.74 Å². The molecule has 1 atom stereocenters. The third-order valence-corrected chi connectivity index (χ3v) is 3.40. The van der Waals surface area contributed by atoms with Gasteiger partial charge in [0.2, 0.25) is 0 Å². The quantitative estimate of drug-likeness (QED) is 0.725. The Labute approximate surface area is 98.8 Å². The molecule has 0 aromatic rings. The molecule has 0 bridgehead atoms. The predicted molar refractivity (Wildman–Crippen MR) is 65.4 cm³/mol. The van der Waals surface area contributed by atoms with E-state index in [1.165, 1.54) is 0 Å². The minimum absolute atomic E-state index is 0.118. The van der Waals surface area contributed by atoms with E-state index in [2.05, 4.69) is 18.7 Å². The number of morpholine rings is 1. The maximum Gasteiger partial charge on any atom is 0.0741 e. The van der Waals surface area contributed by atoms with Crippen LogP contribution < -0.4 is 5.73 Å². The Morgan fingerprint density at radius 2 is 2.19 bits per heavy atom. The Hall–Kier alpha value is -0.160. The fourth-order valence-electron chi connectivity index (χ4n) is 2.06. The number of nitrogens with zero attached hydrogens (tertiary/aromatic N) is 1. The lowest BCUT2D eigenvalue weighted by Crippen LogP contribution is -2.53. The van der Waals surface area contributed by atoms with Crippen LogP contribution in [0.15, 0.2) is 0 Å². The van der Waals surface area contributed by atoms with Crippen LogP contribution in [0.2, 0.25) is 0 Å². The maximum atomic E-state index is 9.81. The standard InChI is InChI=1S/C12H26N2O2/c1-11(2)10-16-8-7-14(11)6-4-5-12(3,15)9-13/h15H,4-10,13H2,1-3H3. The van der Waals surface area contributed by atoms with Crippen LogP contribution in [0.25, 0.3) is 0 Å². The molecule has 0 aromatic carbocycles. The first-order valence-corrected chi connectivity index (χ1v) is 6.13. The maximum absolute atomic E-state index is 9.81. The Morgan fingerprint density at radius 1 is 1.50 bits per heavy atom. The molecule has 0 spiro atoms. The molecule has 0 radical (unpaired) electrons. The van der Waals surface area contributed by atoms with E-state index < -0.39 is 5.60 Å². The van der Waals surface area contributed by atoms with Gasteiger partial charge >= 0.3 is 0 Å². The van der Waals surface area contributed by atoms with Crippen molar-refractivity contribution in [2.45, 2.75) is 44.8 Å². The lowest BCUT2D eigenvalue weighted by molar-refractivity contribution is -0.0538. The van der Waals surface area contributed by atoms with E-state index in [0.717, 1.165) is 39.1 Å². The van der Waals surface area contributed by atoms with Crippen molar-refractivity contribution in [3.63, 3.8) is 0 Å². The van der Waals surface area contributed by atoms with Crippen LogP contribution in [-0.4, -0.2) is 54.0 Å². The monoisotopic (exact) mass is 230 g/mol.